The van der Waals surface area contributed by atoms with Crippen LogP contribution in [0.3, 0.4) is 0 Å². The maximum Gasteiger partial charge on any atom is 0.220 e. The molecule has 1 atom stereocenters. The number of nitrogens with one attached hydrogen (secondary N) is 1. The van der Waals surface area contributed by atoms with E-state index in [-0.39, 0.29) is 5.91 Å². The molecule has 0 aromatic heterocycles. The zero-order valence-corrected chi connectivity index (χ0v) is 13.7. The van der Waals surface area contributed by atoms with Gasteiger partial charge in [0.2, 0.25) is 5.91 Å². The fourth-order valence-electron chi connectivity index (χ4n) is 1.47. The molecule has 1 N–H and O–H groups in total. The van der Waals surface area contributed by atoms with Crippen LogP contribution in [0.25, 0.3) is 0 Å². The second-order valence-corrected chi connectivity index (χ2v) is 7.29. The molecule has 106 valence electrons. The van der Waals surface area contributed by atoms with Crippen LogP contribution in [0, 0.1) is 5.92 Å². The van der Waals surface area contributed by atoms with Crippen molar-refractivity contribution in [3.63, 3.8) is 0 Å². The van der Waals surface area contributed by atoms with Gasteiger partial charge in [-0.1, -0.05) is 29.8 Å². The summed E-state index contributed by atoms with van der Waals surface area (Å²) in [5, 5.41) is 2.86. The Bertz CT molecular complexity index is 432. The molecule has 0 unspecified atom stereocenters. The van der Waals surface area contributed by atoms with Crippen molar-refractivity contribution in [1.82, 2.24) is 5.32 Å². The smallest absolute Gasteiger partial charge is 0.220 e. The summed E-state index contributed by atoms with van der Waals surface area (Å²) in [6.45, 7) is 4.82. The highest BCUT2D eigenvalue weighted by Crippen LogP contribution is 2.14. The molecule has 0 bridgehead atoms. The van der Waals surface area contributed by atoms with Crippen LogP contribution in [0.5, 0.6) is 0 Å². The van der Waals surface area contributed by atoms with Crippen molar-refractivity contribution in [1.29, 1.82) is 0 Å². The molecule has 0 fully saturated rings. The normalized spacial score (nSPS) is 12.4. The SMILES string of the molecule is CC(C)CNC(=O)CCC[S@@](=O)c1ccc(Br)cc1. The van der Waals surface area contributed by atoms with Crippen LogP contribution in [0.4, 0.5) is 0 Å². The van der Waals surface area contributed by atoms with Crippen molar-refractivity contribution < 1.29 is 9.00 Å². The van der Waals surface area contributed by atoms with Gasteiger partial charge in [0.15, 0.2) is 0 Å². The number of amides is 1. The maximum atomic E-state index is 12.0. The Hall–Kier alpha value is -0.680. The number of halogens is 1. The molecule has 1 aromatic rings. The van der Waals surface area contributed by atoms with E-state index in [1.807, 2.05) is 24.3 Å². The van der Waals surface area contributed by atoms with Gasteiger partial charge in [0.05, 0.1) is 10.8 Å². The first-order chi connectivity index (χ1) is 8.99. The van der Waals surface area contributed by atoms with Crippen LogP contribution in [0.15, 0.2) is 33.6 Å². The number of carbonyl (C=O) groups is 1. The predicted molar refractivity (Wildman–Crippen MR) is 82.5 cm³/mol. The summed E-state index contributed by atoms with van der Waals surface area (Å²) in [6.07, 6.45) is 1.08. The molecule has 5 heteroatoms. The first-order valence-corrected chi connectivity index (χ1v) is 8.51. The molecule has 0 aliphatic carbocycles. The molecule has 0 saturated heterocycles. The highest BCUT2D eigenvalue weighted by molar-refractivity contribution is 9.10. The van der Waals surface area contributed by atoms with Gasteiger partial charge in [-0.05, 0) is 36.6 Å². The van der Waals surface area contributed by atoms with E-state index in [1.165, 1.54) is 0 Å². The third-order valence-electron chi connectivity index (χ3n) is 2.52. The van der Waals surface area contributed by atoms with Crippen molar-refractivity contribution >= 4 is 32.6 Å². The average Bonchev–Trinajstić information content (AvgIpc) is 2.37. The number of rotatable bonds is 7. The summed E-state index contributed by atoms with van der Waals surface area (Å²) in [7, 11) is -1.02. The van der Waals surface area contributed by atoms with Gasteiger partial charge in [0.1, 0.15) is 0 Å². The minimum absolute atomic E-state index is 0.0431. The number of hydrogen-bond acceptors (Lipinski definition) is 2. The van der Waals surface area contributed by atoms with Gasteiger partial charge in [0, 0.05) is 28.1 Å². The summed E-state index contributed by atoms with van der Waals surface area (Å²) < 4.78 is 12.9. The van der Waals surface area contributed by atoms with E-state index >= 15 is 0 Å². The molecular formula is C14H20BrNO2S. The summed E-state index contributed by atoms with van der Waals surface area (Å²) in [5.74, 6) is 1.03. The predicted octanol–water partition coefficient (Wildman–Crippen LogP) is 3.11. The molecule has 0 aliphatic heterocycles. The van der Waals surface area contributed by atoms with Gasteiger partial charge in [0.25, 0.3) is 0 Å². The molecule has 1 rings (SSSR count). The van der Waals surface area contributed by atoms with Crippen molar-refractivity contribution in [2.45, 2.75) is 31.6 Å². The number of hydrogen-bond donors (Lipinski definition) is 1. The highest BCUT2D eigenvalue weighted by atomic mass is 79.9. The molecule has 0 aliphatic rings. The average molecular weight is 346 g/mol. The monoisotopic (exact) mass is 345 g/mol. The molecule has 1 aromatic carbocycles. The van der Waals surface area contributed by atoms with E-state index in [1.54, 1.807) is 0 Å². The fourth-order valence-corrected chi connectivity index (χ4v) is 2.82. The lowest BCUT2D eigenvalue weighted by molar-refractivity contribution is -0.121. The van der Waals surface area contributed by atoms with Crippen molar-refractivity contribution in [3.05, 3.63) is 28.7 Å². The van der Waals surface area contributed by atoms with E-state index in [2.05, 4.69) is 35.1 Å². The summed E-state index contributed by atoms with van der Waals surface area (Å²) in [6, 6.07) is 7.45. The molecular weight excluding hydrogens is 326 g/mol. The van der Waals surface area contributed by atoms with Crippen LogP contribution in [0.1, 0.15) is 26.7 Å². The first kappa shape index (κ1) is 16.4. The van der Waals surface area contributed by atoms with Gasteiger partial charge in [-0.15, -0.1) is 0 Å². The van der Waals surface area contributed by atoms with Crippen LogP contribution in [-0.2, 0) is 15.6 Å². The second-order valence-electron chi connectivity index (χ2n) is 4.81. The Balaban J connectivity index is 2.27. The van der Waals surface area contributed by atoms with E-state index in [0.717, 1.165) is 9.37 Å². The molecule has 1 amide bonds. The molecule has 3 nitrogen and oxygen atoms in total. The number of carbonyl (C=O) groups excluding carboxylic acids is 1. The molecule has 19 heavy (non-hydrogen) atoms. The minimum Gasteiger partial charge on any atom is -0.356 e. The van der Waals surface area contributed by atoms with Gasteiger partial charge < -0.3 is 5.32 Å². The zero-order chi connectivity index (χ0) is 14.3. The van der Waals surface area contributed by atoms with Crippen LogP contribution < -0.4 is 5.32 Å². The van der Waals surface area contributed by atoms with Gasteiger partial charge in [-0.3, -0.25) is 9.00 Å². The lowest BCUT2D eigenvalue weighted by atomic mass is 10.2. The highest BCUT2D eigenvalue weighted by Gasteiger charge is 2.06. The third-order valence-corrected chi connectivity index (χ3v) is 4.50. The molecule has 0 heterocycles. The van der Waals surface area contributed by atoms with Gasteiger partial charge >= 0.3 is 0 Å². The maximum absolute atomic E-state index is 12.0. The summed E-state index contributed by atoms with van der Waals surface area (Å²) in [5.41, 5.74) is 0. The Labute approximate surface area is 125 Å². The standard InChI is InChI=1S/C14H20BrNO2S/c1-11(2)10-16-14(17)4-3-9-19(18)13-7-5-12(15)6-8-13/h5-8,11H,3-4,9-10H2,1-2H3,(H,16,17)/t19-/m1/s1. The Morgan fingerprint density at radius 3 is 2.53 bits per heavy atom. The molecule has 0 spiro atoms. The van der Waals surface area contributed by atoms with E-state index in [0.29, 0.717) is 31.1 Å². The van der Waals surface area contributed by atoms with Crippen LogP contribution >= 0.6 is 15.9 Å². The van der Waals surface area contributed by atoms with Crippen molar-refractivity contribution in [3.8, 4) is 0 Å². The molecule has 0 saturated carbocycles. The lowest BCUT2D eigenvalue weighted by Crippen LogP contribution is -2.27. The van der Waals surface area contributed by atoms with Gasteiger partial charge in [-0.25, -0.2) is 0 Å². The van der Waals surface area contributed by atoms with E-state index in [4.69, 9.17) is 0 Å². The van der Waals surface area contributed by atoms with E-state index in [9.17, 15) is 9.00 Å². The van der Waals surface area contributed by atoms with Crippen molar-refractivity contribution in [2.75, 3.05) is 12.3 Å². The van der Waals surface area contributed by atoms with Crippen molar-refractivity contribution in [2.24, 2.45) is 5.92 Å². The largest absolute Gasteiger partial charge is 0.356 e. The second kappa shape index (κ2) is 8.48. The lowest BCUT2D eigenvalue weighted by Gasteiger charge is -2.07. The quantitative estimate of drug-likeness (QED) is 0.825. The minimum atomic E-state index is -1.02. The summed E-state index contributed by atoms with van der Waals surface area (Å²) >= 11 is 3.34. The number of benzene rings is 1. The Morgan fingerprint density at radius 1 is 1.32 bits per heavy atom. The van der Waals surface area contributed by atoms with Gasteiger partial charge in [-0.2, -0.15) is 0 Å². The third kappa shape index (κ3) is 6.87. The zero-order valence-electron chi connectivity index (χ0n) is 11.3. The Kier molecular flexibility index (Phi) is 7.31. The Morgan fingerprint density at radius 2 is 1.95 bits per heavy atom. The molecule has 0 radical (unpaired) electrons. The van der Waals surface area contributed by atoms with E-state index < -0.39 is 10.8 Å². The topological polar surface area (TPSA) is 46.2 Å². The van der Waals surface area contributed by atoms with Crippen LogP contribution in [0.2, 0.25) is 0 Å². The van der Waals surface area contributed by atoms with Crippen LogP contribution in [-0.4, -0.2) is 22.4 Å². The summed E-state index contributed by atoms with van der Waals surface area (Å²) in [4.78, 5) is 12.3. The fraction of sp³-hybridized carbons (Fsp3) is 0.500. The first-order valence-electron chi connectivity index (χ1n) is 6.39.